The van der Waals surface area contributed by atoms with Gasteiger partial charge in [-0.15, -0.1) is 0 Å². The zero-order chi connectivity index (χ0) is 10.5. The maximum Gasteiger partial charge on any atom is 0.225 e. The first-order chi connectivity index (χ1) is 7.25. The Bertz CT molecular complexity index is 284. The van der Waals surface area contributed by atoms with Crippen molar-refractivity contribution in [2.75, 3.05) is 32.9 Å². The van der Waals surface area contributed by atoms with Gasteiger partial charge in [-0.25, -0.2) is 0 Å². The van der Waals surface area contributed by atoms with E-state index in [1.807, 2.05) is 4.90 Å². The van der Waals surface area contributed by atoms with Crippen molar-refractivity contribution >= 4 is 5.91 Å². The van der Waals surface area contributed by atoms with E-state index in [0.717, 1.165) is 25.9 Å². The molecule has 0 aromatic rings. The highest BCUT2D eigenvalue weighted by molar-refractivity contribution is 5.81. The first kappa shape index (κ1) is 9.60. The number of likely N-dealkylation sites (tertiary alicyclic amines) is 1. The van der Waals surface area contributed by atoms with Crippen LogP contribution in [-0.4, -0.2) is 48.8 Å². The average Bonchev–Trinajstić information content (AvgIpc) is 2.94. The number of aliphatic hydroxyl groups is 1. The van der Waals surface area contributed by atoms with Crippen molar-refractivity contribution in [2.24, 2.45) is 17.3 Å². The van der Waals surface area contributed by atoms with Crippen LogP contribution in [0.4, 0.5) is 0 Å². The van der Waals surface area contributed by atoms with Crippen LogP contribution in [0.3, 0.4) is 0 Å². The van der Waals surface area contributed by atoms with Gasteiger partial charge >= 0.3 is 0 Å². The zero-order valence-electron chi connectivity index (χ0n) is 8.82. The Hall–Kier alpha value is -0.610. The fraction of sp³-hybridized carbons (Fsp3) is 0.909. The normalized spacial score (nSPS) is 33.1. The summed E-state index contributed by atoms with van der Waals surface area (Å²) in [6, 6.07) is 0. The van der Waals surface area contributed by atoms with Gasteiger partial charge in [0.15, 0.2) is 0 Å². The molecule has 0 bridgehead atoms. The van der Waals surface area contributed by atoms with E-state index in [4.69, 9.17) is 4.74 Å². The van der Waals surface area contributed by atoms with E-state index < -0.39 is 0 Å². The van der Waals surface area contributed by atoms with Gasteiger partial charge in [-0.05, 0) is 12.8 Å². The third kappa shape index (κ3) is 1.39. The van der Waals surface area contributed by atoms with Gasteiger partial charge in [-0.2, -0.15) is 0 Å². The molecule has 3 fully saturated rings. The van der Waals surface area contributed by atoms with Crippen molar-refractivity contribution < 1.29 is 14.6 Å². The third-order valence-electron chi connectivity index (χ3n) is 4.05. The summed E-state index contributed by atoms with van der Waals surface area (Å²) in [5, 5.41) is 9.33. The number of carbonyl (C=O) groups is 1. The molecule has 2 aliphatic heterocycles. The summed E-state index contributed by atoms with van der Waals surface area (Å²) in [6.07, 6.45) is 2.12. The summed E-state index contributed by atoms with van der Waals surface area (Å²) in [6.45, 7) is 3.14. The van der Waals surface area contributed by atoms with E-state index in [9.17, 15) is 9.90 Å². The lowest BCUT2D eigenvalue weighted by Gasteiger charge is -2.41. The quantitative estimate of drug-likeness (QED) is 0.692. The van der Waals surface area contributed by atoms with E-state index in [1.165, 1.54) is 0 Å². The van der Waals surface area contributed by atoms with Crippen LogP contribution < -0.4 is 0 Å². The van der Waals surface area contributed by atoms with Gasteiger partial charge in [0.1, 0.15) is 0 Å². The minimum Gasteiger partial charge on any atom is -0.396 e. The monoisotopic (exact) mass is 211 g/mol. The molecule has 84 valence electrons. The van der Waals surface area contributed by atoms with Crippen LogP contribution in [0.25, 0.3) is 0 Å². The Morgan fingerprint density at radius 3 is 2.60 bits per heavy atom. The summed E-state index contributed by atoms with van der Waals surface area (Å²) >= 11 is 0. The van der Waals surface area contributed by atoms with Gasteiger partial charge in [-0.1, -0.05) is 0 Å². The number of ether oxygens (including phenoxy) is 1. The summed E-state index contributed by atoms with van der Waals surface area (Å²) in [5.41, 5.74) is 0.0826. The molecular weight excluding hydrogens is 194 g/mol. The van der Waals surface area contributed by atoms with E-state index in [1.54, 1.807) is 0 Å². The lowest BCUT2D eigenvalue weighted by atomic mass is 9.77. The molecule has 15 heavy (non-hydrogen) atoms. The second-order valence-corrected chi connectivity index (χ2v) is 5.23. The smallest absolute Gasteiger partial charge is 0.225 e. The summed E-state index contributed by atoms with van der Waals surface area (Å²) in [5.74, 6) is 0.826. The first-order valence-corrected chi connectivity index (χ1v) is 5.72. The summed E-state index contributed by atoms with van der Waals surface area (Å²) in [7, 11) is 0. The highest BCUT2D eigenvalue weighted by atomic mass is 16.5. The molecule has 0 radical (unpaired) electrons. The predicted octanol–water partition coefficient (Wildman–Crippen LogP) is -0.136. The standard InChI is InChI=1S/C11H17NO3/c13-4-9-3-12(10(14)8-1-2-8)5-11(9)6-15-7-11/h8-9,13H,1-7H2. The molecule has 1 N–H and O–H groups in total. The van der Waals surface area contributed by atoms with Crippen LogP contribution >= 0.6 is 0 Å². The average molecular weight is 211 g/mol. The molecule has 1 amide bonds. The molecule has 4 heteroatoms. The molecule has 2 saturated heterocycles. The number of aliphatic hydroxyl groups excluding tert-OH is 1. The predicted molar refractivity (Wildman–Crippen MR) is 53.1 cm³/mol. The van der Waals surface area contributed by atoms with E-state index >= 15 is 0 Å². The maximum absolute atomic E-state index is 11.9. The van der Waals surface area contributed by atoms with Crippen molar-refractivity contribution in [3.63, 3.8) is 0 Å². The van der Waals surface area contributed by atoms with E-state index in [0.29, 0.717) is 25.0 Å². The zero-order valence-corrected chi connectivity index (χ0v) is 8.82. The number of rotatable bonds is 2. The summed E-state index contributed by atoms with van der Waals surface area (Å²) in [4.78, 5) is 13.8. The third-order valence-corrected chi connectivity index (χ3v) is 4.05. The molecule has 1 atom stereocenters. The molecule has 1 unspecified atom stereocenters. The first-order valence-electron chi connectivity index (χ1n) is 5.72. The number of hydrogen-bond donors (Lipinski definition) is 1. The van der Waals surface area contributed by atoms with Crippen LogP contribution in [0, 0.1) is 17.3 Å². The summed E-state index contributed by atoms with van der Waals surface area (Å²) < 4.78 is 5.25. The molecular formula is C11H17NO3. The number of carbonyl (C=O) groups excluding carboxylic acids is 1. The molecule has 0 aromatic heterocycles. The number of hydrogen-bond acceptors (Lipinski definition) is 3. The van der Waals surface area contributed by atoms with Gasteiger partial charge in [0.2, 0.25) is 5.91 Å². The minimum atomic E-state index is 0.0826. The second-order valence-electron chi connectivity index (χ2n) is 5.23. The number of nitrogens with zero attached hydrogens (tertiary/aromatic N) is 1. The largest absolute Gasteiger partial charge is 0.396 e. The molecule has 4 nitrogen and oxygen atoms in total. The van der Waals surface area contributed by atoms with Crippen molar-refractivity contribution in [3.05, 3.63) is 0 Å². The van der Waals surface area contributed by atoms with E-state index in [-0.39, 0.29) is 17.9 Å². The maximum atomic E-state index is 11.9. The van der Waals surface area contributed by atoms with Gasteiger partial charge < -0.3 is 14.7 Å². The highest BCUT2D eigenvalue weighted by Gasteiger charge is 2.53. The van der Waals surface area contributed by atoms with Crippen LogP contribution in [0.2, 0.25) is 0 Å². The van der Waals surface area contributed by atoms with Gasteiger partial charge in [0.25, 0.3) is 0 Å². The van der Waals surface area contributed by atoms with Crippen molar-refractivity contribution in [1.82, 2.24) is 4.90 Å². The van der Waals surface area contributed by atoms with Crippen LogP contribution in [-0.2, 0) is 9.53 Å². The fourth-order valence-corrected chi connectivity index (χ4v) is 2.73. The Balaban J connectivity index is 1.71. The van der Waals surface area contributed by atoms with E-state index in [2.05, 4.69) is 0 Å². The van der Waals surface area contributed by atoms with Crippen molar-refractivity contribution in [2.45, 2.75) is 12.8 Å². The molecule has 3 aliphatic rings. The fourth-order valence-electron chi connectivity index (χ4n) is 2.73. The SMILES string of the molecule is O=C(C1CC1)N1CC(CO)C2(COC2)C1. The Morgan fingerprint density at radius 1 is 1.47 bits per heavy atom. The minimum absolute atomic E-state index is 0.0826. The topological polar surface area (TPSA) is 49.8 Å². The molecule has 1 aliphatic carbocycles. The van der Waals surface area contributed by atoms with Gasteiger partial charge in [-0.3, -0.25) is 4.79 Å². The molecule has 2 heterocycles. The Kier molecular flexibility index (Phi) is 2.04. The Morgan fingerprint density at radius 2 is 2.20 bits per heavy atom. The second kappa shape index (κ2) is 3.19. The van der Waals surface area contributed by atoms with Crippen molar-refractivity contribution in [1.29, 1.82) is 0 Å². The molecule has 3 rings (SSSR count). The van der Waals surface area contributed by atoms with Crippen LogP contribution in [0.15, 0.2) is 0 Å². The lowest BCUT2D eigenvalue weighted by Crippen LogP contribution is -2.50. The van der Waals surface area contributed by atoms with Crippen molar-refractivity contribution in [3.8, 4) is 0 Å². The van der Waals surface area contributed by atoms with Gasteiger partial charge in [0.05, 0.1) is 13.2 Å². The highest BCUT2D eigenvalue weighted by Crippen LogP contribution is 2.44. The Labute approximate surface area is 89.2 Å². The molecule has 1 saturated carbocycles. The molecule has 0 aromatic carbocycles. The van der Waals surface area contributed by atoms with Crippen LogP contribution in [0.1, 0.15) is 12.8 Å². The van der Waals surface area contributed by atoms with Crippen LogP contribution in [0.5, 0.6) is 0 Å². The van der Waals surface area contributed by atoms with Gasteiger partial charge in [0, 0.05) is 36.9 Å². The number of amides is 1. The lowest BCUT2D eigenvalue weighted by molar-refractivity contribution is -0.141. The molecule has 1 spiro atoms.